The number of anilines is 1. The Labute approximate surface area is 205 Å². The lowest BCUT2D eigenvalue weighted by atomic mass is 10.2. The van der Waals surface area contributed by atoms with Crippen molar-refractivity contribution in [1.82, 2.24) is 29.9 Å². The number of hydrogen-bond donors (Lipinski definition) is 1. The van der Waals surface area contributed by atoms with Crippen molar-refractivity contribution >= 4 is 33.9 Å². The molecule has 0 bridgehead atoms. The van der Waals surface area contributed by atoms with E-state index in [0.717, 1.165) is 10.9 Å². The Hall–Kier alpha value is -4.01. The number of piperazine rings is 1. The molecular weight excluding hydrogens is 502 g/mol. The monoisotopic (exact) mass is 523 g/mol. The molecule has 4 heterocycles. The van der Waals surface area contributed by atoms with E-state index in [0.29, 0.717) is 43.3 Å². The van der Waals surface area contributed by atoms with Crippen LogP contribution in [0.1, 0.15) is 12.1 Å². The van der Waals surface area contributed by atoms with Crippen LogP contribution in [-0.4, -0.2) is 75.2 Å². The summed E-state index contributed by atoms with van der Waals surface area (Å²) in [6.07, 6.45) is -3.61. The topological polar surface area (TPSA) is 122 Å². The van der Waals surface area contributed by atoms with Gasteiger partial charge in [0, 0.05) is 32.2 Å². The number of H-pyrrole nitrogens is 1. The molecule has 196 valence electrons. The summed E-state index contributed by atoms with van der Waals surface area (Å²) < 4.78 is 65.3. The minimum Gasteiger partial charge on any atom is -0.423 e. The molecule has 37 heavy (non-hydrogen) atoms. The van der Waals surface area contributed by atoms with E-state index in [1.807, 2.05) is 10.00 Å². The van der Waals surface area contributed by atoms with Gasteiger partial charge in [0.05, 0.1) is 37.9 Å². The van der Waals surface area contributed by atoms with Crippen LogP contribution in [-0.2, 0) is 22.3 Å². The molecule has 4 aromatic rings. The number of hydrogen-bond acceptors (Lipinski definition) is 8. The number of rotatable bonds is 7. The summed E-state index contributed by atoms with van der Waals surface area (Å²) >= 11 is 0. The number of halogens is 4. The molecule has 11 nitrogen and oxygen atoms in total. The van der Waals surface area contributed by atoms with Crippen molar-refractivity contribution in [1.29, 1.82) is 0 Å². The van der Waals surface area contributed by atoms with Crippen molar-refractivity contribution in [2.45, 2.75) is 19.1 Å². The van der Waals surface area contributed by atoms with E-state index < -0.39 is 28.6 Å². The molecule has 3 aromatic heterocycles. The summed E-state index contributed by atoms with van der Waals surface area (Å²) in [6.45, 7) is 1.85. The Bertz CT molecular complexity index is 1490. The fraction of sp³-hybridized carbons (Fsp3) is 0.409. The molecule has 1 fully saturated rings. The van der Waals surface area contributed by atoms with Crippen LogP contribution in [0.2, 0.25) is 0 Å². The number of nitrogens with zero attached hydrogens (tertiary/aromatic N) is 6. The fourth-order valence-electron chi connectivity index (χ4n) is 4.15. The van der Waals surface area contributed by atoms with Gasteiger partial charge in [-0.15, -0.1) is 0 Å². The fourth-order valence-corrected chi connectivity index (χ4v) is 4.15. The summed E-state index contributed by atoms with van der Waals surface area (Å²) in [5.41, 5.74) is -1.42. The maximum Gasteiger partial charge on any atom is 0.435 e. The van der Waals surface area contributed by atoms with Gasteiger partial charge in [0.25, 0.3) is 11.6 Å². The van der Waals surface area contributed by atoms with E-state index >= 15 is 0 Å². The van der Waals surface area contributed by atoms with Gasteiger partial charge in [-0.1, -0.05) is 0 Å². The van der Waals surface area contributed by atoms with Crippen LogP contribution < -0.4 is 10.5 Å². The third-order valence-electron chi connectivity index (χ3n) is 5.99. The zero-order valence-corrected chi connectivity index (χ0v) is 19.3. The highest BCUT2D eigenvalue weighted by molar-refractivity contribution is 5.80. The summed E-state index contributed by atoms with van der Waals surface area (Å²) in [7, 11) is 0. The molecule has 0 saturated carbocycles. The van der Waals surface area contributed by atoms with E-state index in [4.69, 9.17) is 9.15 Å². The third-order valence-corrected chi connectivity index (χ3v) is 5.99. The first-order valence-corrected chi connectivity index (χ1v) is 11.4. The van der Waals surface area contributed by atoms with Crippen LogP contribution in [0.4, 0.5) is 23.6 Å². The Balaban J connectivity index is 1.09. The van der Waals surface area contributed by atoms with Crippen molar-refractivity contribution < 1.29 is 31.5 Å². The summed E-state index contributed by atoms with van der Waals surface area (Å²) in [5, 5.41) is 8.46. The summed E-state index contributed by atoms with van der Waals surface area (Å²) in [6, 6.07) is 4.48. The number of aromatic amines is 1. The number of nitrogens with one attached hydrogen (secondary N) is 1. The highest BCUT2D eigenvalue weighted by atomic mass is 19.4. The normalized spacial score (nSPS) is 14.7. The standard InChI is InChI=1S/C22H21F4N7O4/c23-13-1-2-16-14(11-13)28-21(37-16)32-6-4-31(5-7-32)17(34)3-9-36-10-8-33-15-12-27-29-20(35)18(15)19(30-33)22(24,25)26/h1-2,11-12H,3-10H2,(H,29,35). The predicted octanol–water partition coefficient (Wildman–Crippen LogP) is 2.17. The Kier molecular flexibility index (Phi) is 6.54. The quantitative estimate of drug-likeness (QED) is 0.289. The second-order valence-electron chi connectivity index (χ2n) is 8.37. The first-order valence-electron chi connectivity index (χ1n) is 11.4. The smallest absolute Gasteiger partial charge is 0.423 e. The molecule has 0 radical (unpaired) electrons. The lowest BCUT2D eigenvalue weighted by molar-refractivity contribution is -0.140. The molecule has 0 unspecified atom stereocenters. The molecular formula is C22H21F4N7O4. The minimum absolute atomic E-state index is 0.0136. The van der Waals surface area contributed by atoms with Crippen molar-refractivity contribution in [3.05, 3.63) is 46.3 Å². The first-order chi connectivity index (χ1) is 17.7. The number of aromatic nitrogens is 5. The molecule has 1 amide bonds. The van der Waals surface area contributed by atoms with E-state index in [-0.39, 0.29) is 37.6 Å². The number of oxazole rings is 1. The Morgan fingerprint density at radius 2 is 1.95 bits per heavy atom. The van der Waals surface area contributed by atoms with Gasteiger partial charge in [-0.2, -0.15) is 28.4 Å². The van der Waals surface area contributed by atoms with Crippen molar-refractivity contribution in [3.8, 4) is 0 Å². The number of alkyl halides is 3. The first kappa shape index (κ1) is 24.7. The summed E-state index contributed by atoms with van der Waals surface area (Å²) in [4.78, 5) is 32.2. The zero-order chi connectivity index (χ0) is 26.2. The highest BCUT2D eigenvalue weighted by Gasteiger charge is 2.38. The van der Waals surface area contributed by atoms with Crippen LogP contribution in [0.15, 0.2) is 33.6 Å². The number of carbonyl (C=O) groups excluding carboxylic acids is 1. The van der Waals surface area contributed by atoms with E-state index in [2.05, 4.69) is 15.2 Å². The lowest BCUT2D eigenvalue weighted by Crippen LogP contribution is -2.49. The van der Waals surface area contributed by atoms with Crippen molar-refractivity contribution in [2.24, 2.45) is 0 Å². The molecule has 0 aliphatic carbocycles. The van der Waals surface area contributed by atoms with Gasteiger partial charge in [0.15, 0.2) is 11.3 Å². The van der Waals surface area contributed by atoms with Crippen LogP contribution in [0.3, 0.4) is 0 Å². The second kappa shape index (κ2) is 9.80. The number of fused-ring (bicyclic) bond motifs is 2. The van der Waals surface area contributed by atoms with Gasteiger partial charge in [-0.05, 0) is 12.1 Å². The Morgan fingerprint density at radius 1 is 1.16 bits per heavy atom. The second-order valence-corrected chi connectivity index (χ2v) is 8.37. The van der Waals surface area contributed by atoms with E-state index in [1.165, 1.54) is 18.2 Å². The molecule has 0 spiro atoms. The molecule has 5 rings (SSSR count). The number of amides is 1. The average molecular weight is 523 g/mol. The van der Waals surface area contributed by atoms with Crippen LogP contribution in [0.25, 0.3) is 22.0 Å². The van der Waals surface area contributed by atoms with E-state index in [9.17, 15) is 27.2 Å². The van der Waals surface area contributed by atoms with Crippen molar-refractivity contribution in [3.63, 3.8) is 0 Å². The Morgan fingerprint density at radius 3 is 2.70 bits per heavy atom. The summed E-state index contributed by atoms with van der Waals surface area (Å²) in [5.74, 6) is -0.528. The van der Waals surface area contributed by atoms with Crippen molar-refractivity contribution in [2.75, 3.05) is 44.3 Å². The molecule has 1 aliphatic heterocycles. The predicted molar refractivity (Wildman–Crippen MR) is 121 cm³/mol. The average Bonchev–Trinajstić information content (AvgIpc) is 3.46. The number of benzene rings is 1. The molecule has 0 atom stereocenters. The third kappa shape index (κ3) is 5.12. The maximum atomic E-state index is 13.4. The van der Waals surface area contributed by atoms with Gasteiger partial charge in [-0.25, -0.2) is 9.49 Å². The van der Waals surface area contributed by atoms with Crippen LogP contribution in [0.5, 0.6) is 0 Å². The van der Waals surface area contributed by atoms with Crippen LogP contribution >= 0.6 is 0 Å². The minimum atomic E-state index is -4.80. The zero-order valence-electron chi connectivity index (χ0n) is 19.3. The van der Waals surface area contributed by atoms with E-state index in [1.54, 1.807) is 4.90 Å². The maximum absolute atomic E-state index is 13.4. The molecule has 1 saturated heterocycles. The highest BCUT2D eigenvalue weighted by Crippen LogP contribution is 2.32. The molecule has 1 N–H and O–H groups in total. The molecule has 1 aromatic carbocycles. The van der Waals surface area contributed by atoms with Gasteiger partial charge >= 0.3 is 6.18 Å². The van der Waals surface area contributed by atoms with Gasteiger partial charge in [-0.3, -0.25) is 14.3 Å². The molecule has 1 aliphatic rings. The largest absolute Gasteiger partial charge is 0.435 e. The SMILES string of the molecule is O=C(CCOCCn1nc(C(F)(F)F)c2c(=O)[nH]ncc21)N1CCN(c2nc3cc(F)ccc3o2)CC1. The van der Waals surface area contributed by atoms with Gasteiger partial charge in [0.1, 0.15) is 16.7 Å². The number of ether oxygens (including phenoxy) is 1. The molecule has 15 heteroatoms. The lowest BCUT2D eigenvalue weighted by Gasteiger charge is -2.33. The van der Waals surface area contributed by atoms with Gasteiger partial charge in [0.2, 0.25) is 5.91 Å². The number of carbonyl (C=O) groups is 1. The van der Waals surface area contributed by atoms with Crippen LogP contribution in [0, 0.1) is 5.82 Å². The van der Waals surface area contributed by atoms with Gasteiger partial charge < -0.3 is 19.0 Å².